The van der Waals surface area contributed by atoms with E-state index in [2.05, 4.69) is 15.3 Å². The molecule has 5 heteroatoms. The van der Waals surface area contributed by atoms with E-state index in [1.54, 1.807) is 6.92 Å². The molecule has 0 radical (unpaired) electrons. The summed E-state index contributed by atoms with van der Waals surface area (Å²) in [7, 11) is 0. The molecule has 5 nitrogen and oxygen atoms in total. The Hall–Kier alpha value is -2.14. The van der Waals surface area contributed by atoms with Gasteiger partial charge in [0, 0.05) is 23.1 Å². The number of carbonyl (C=O) groups is 1. The van der Waals surface area contributed by atoms with Crippen LogP contribution in [0.15, 0.2) is 24.4 Å². The number of nitrogens with one attached hydrogen (secondary N) is 2. The van der Waals surface area contributed by atoms with Gasteiger partial charge in [-0.05, 0) is 44.7 Å². The Balaban J connectivity index is 1.65. The van der Waals surface area contributed by atoms with Crippen LogP contribution in [0.3, 0.4) is 0 Å². The molecule has 23 heavy (non-hydrogen) atoms. The molecule has 1 fully saturated rings. The van der Waals surface area contributed by atoms with E-state index in [9.17, 15) is 9.90 Å². The Morgan fingerprint density at radius 2 is 2.22 bits per heavy atom. The second kappa shape index (κ2) is 6.54. The zero-order valence-electron chi connectivity index (χ0n) is 13.6. The number of aromatic amines is 1. The van der Waals surface area contributed by atoms with Crippen LogP contribution >= 0.6 is 0 Å². The predicted molar refractivity (Wildman–Crippen MR) is 88.2 cm³/mol. The predicted octanol–water partition coefficient (Wildman–Crippen LogP) is 2.97. The zero-order chi connectivity index (χ0) is 16.4. The van der Waals surface area contributed by atoms with Crippen LogP contribution in [-0.2, 0) is 6.54 Å². The lowest BCUT2D eigenvalue weighted by atomic mass is 9.81. The largest absolute Gasteiger partial charge is 0.389 e. The molecular weight excluding hydrogens is 290 g/mol. The van der Waals surface area contributed by atoms with Crippen molar-refractivity contribution in [1.82, 2.24) is 15.3 Å². The van der Waals surface area contributed by atoms with Crippen molar-refractivity contribution in [2.75, 3.05) is 0 Å². The standard InChI is InChI=1S/C18H23N3O2/c1-11-15(12(2)22)7-6-14(21-11)10-20-18(23)16-8-9-19-17(16)13-4-3-5-13/h6-9,12-13,19,22H,3-5,10H2,1-2H3,(H,20,23). The first-order valence-electron chi connectivity index (χ1n) is 8.16. The Morgan fingerprint density at radius 3 is 2.83 bits per heavy atom. The number of rotatable bonds is 5. The third-order valence-corrected chi connectivity index (χ3v) is 4.60. The van der Waals surface area contributed by atoms with Gasteiger partial charge in [0.05, 0.1) is 23.9 Å². The summed E-state index contributed by atoms with van der Waals surface area (Å²) in [5, 5.41) is 12.6. The van der Waals surface area contributed by atoms with Crippen molar-refractivity contribution in [3.8, 4) is 0 Å². The van der Waals surface area contributed by atoms with Gasteiger partial charge in [-0.15, -0.1) is 0 Å². The maximum Gasteiger partial charge on any atom is 0.253 e. The van der Waals surface area contributed by atoms with E-state index < -0.39 is 6.10 Å². The fourth-order valence-corrected chi connectivity index (χ4v) is 3.04. The number of aliphatic hydroxyl groups is 1. The topological polar surface area (TPSA) is 78.0 Å². The monoisotopic (exact) mass is 313 g/mol. The maximum atomic E-state index is 12.4. The maximum absolute atomic E-state index is 12.4. The van der Waals surface area contributed by atoms with Crippen LogP contribution in [0.1, 0.15) is 71.2 Å². The first kappa shape index (κ1) is 15.7. The summed E-state index contributed by atoms with van der Waals surface area (Å²) in [6.07, 6.45) is 4.85. The highest BCUT2D eigenvalue weighted by molar-refractivity contribution is 5.95. The molecule has 2 aromatic rings. The van der Waals surface area contributed by atoms with E-state index >= 15 is 0 Å². The van der Waals surface area contributed by atoms with Crippen molar-refractivity contribution < 1.29 is 9.90 Å². The molecule has 2 heterocycles. The van der Waals surface area contributed by atoms with Crippen molar-refractivity contribution in [3.63, 3.8) is 0 Å². The number of hydrogen-bond donors (Lipinski definition) is 3. The Bertz CT molecular complexity index is 702. The van der Waals surface area contributed by atoms with Crippen LogP contribution in [0, 0.1) is 6.92 Å². The third kappa shape index (κ3) is 3.29. The van der Waals surface area contributed by atoms with Gasteiger partial charge in [-0.3, -0.25) is 9.78 Å². The van der Waals surface area contributed by atoms with Gasteiger partial charge in [-0.2, -0.15) is 0 Å². The highest BCUT2D eigenvalue weighted by Gasteiger charge is 2.25. The molecule has 0 aliphatic heterocycles. The average Bonchev–Trinajstić information content (AvgIpc) is 2.91. The third-order valence-electron chi connectivity index (χ3n) is 4.60. The van der Waals surface area contributed by atoms with Crippen LogP contribution in [0.25, 0.3) is 0 Å². The van der Waals surface area contributed by atoms with Gasteiger partial charge in [0.2, 0.25) is 0 Å². The summed E-state index contributed by atoms with van der Waals surface area (Å²) in [6.45, 7) is 3.97. The molecule has 0 bridgehead atoms. The SMILES string of the molecule is Cc1nc(CNC(=O)c2cc[nH]c2C2CCC2)ccc1C(C)O. The van der Waals surface area contributed by atoms with Crippen molar-refractivity contribution in [2.45, 2.75) is 51.7 Å². The van der Waals surface area contributed by atoms with Gasteiger partial charge in [-0.1, -0.05) is 12.5 Å². The molecule has 0 saturated heterocycles. The summed E-state index contributed by atoms with van der Waals surface area (Å²) in [5.74, 6) is 0.434. The lowest BCUT2D eigenvalue weighted by Crippen LogP contribution is -2.25. The van der Waals surface area contributed by atoms with Gasteiger partial charge in [0.1, 0.15) is 0 Å². The van der Waals surface area contributed by atoms with E-state index in [-0.39, 0.29) is 5.91 Å². The number of aryl methyl sites for hydroxylation is 1. The van der Waals surface area contributed by atoms with Crippen LogP contribution < -0.4 is 5.32 Å². The highest BCUT2D eigenvalue weighted by atomic mass is 16.3. The molecule has 1 aliphatic carbocycles. The number of H-pyrrole nitrogens is 1. The number of amides is 1. The van der Waals surface area contributed by atoms with Gasteiger partial charge >= 0.3 is 0 Å². The molecule has 3 rings (SSSR count). The molecular formula is C18H23N3O2. The van der Waals surface area contributed by atoms with E-state index in [0.717, 1.165) is 41.1 Å². The number of carbonyl (C=O) groups excluding carboxylic acids is 1. The lowest BCUT2D eigenvalue weighted by molar-refractivity contribution is 0.0948. The normalized spacial score (nSPS) is 16.0. The second-order valence-corrected chi connectivity index (χ2v) is 6.27. The minimum atomic E-state index is -0.531. The van der Waals surface area contributed by atoms with Crippen LogP contribution in [0.2, 0.25) is 0 Å². The molecule has 1 saturated carbocycles. The lowest BCUT2D eigenvalue weighted by Gasteiger charge is -2.25. The molecule has 1 amide bonds. The number of nitrogens with zero attached hydrogens (tertiary/aromatic N) is 1. The quantitative estimate of drug-likeness (QED) is 0.794. The zero-order valence-corrected chi connectivity index (χ0v) is 13.6. The summed E-state index contributed by atoms with van der Waals surface area (Å²) < 4.78 is 0. The average molecular weight is 313 g/mol. The van der Waals surface area contributed by atoms with E-state index in [1.807, 2.05) is 31.3 Å². The summed E-state index contributed by atoms with van der Waals surface area (Å²) in [4.78, 5) is 20.1. The number of aliphatic hydroxyl groups excluding tert-OH is 1. The molecule has 1 atom stereocenters. The number of hydrogen-bond acceptors (Lipinski definition) is 3. The first-order valence-corrected chi connectivity index (χ1v) is 8.16. The first-order chi connectivity index (χ1) is 11.1. The van der Waals surface area contributed by atoms with Crippen molar-refractivity contribution in [1.29, 1.82) is 0 Å². The number of aromatic nitrogens is 2. The molecule has 0 spiro atoms. The Morgan fingerprint density at radius 1 is 1.43 bits per heavy atom. The second-order valence-electron chi connectivity index (χ2n) is 6.27. The molecule has 2 aromatic heterocycles. The van der Waals surface area contributed by atoms with Crippen LogP contribution in [0.5, 0.6) is 0 Å². The van der Waals surface area contributed by atoms with Crippen molar-refractivity contribution in [2.24, 2.45) is 0 Å². The van der Waals surface area contributed by atoms with Crippen molar-refractivity contribution >= 4 is 5.91 Å². The summed E-state index contributed by atoms with van der Waals surface area (Å²) in [5.41, 5.74) is 4.21. The minimum absolute atomic E-state index is 0.0628. The van der Waals surface area contributed by atoms with E-state index in [0.29, 0.717) is 12.5 Å². The molecule has 3 N–H and O–H groups in total. The Labute approximate surface area is 136 Å². The Kier molecular flexibility index (Phi) is 4.48. The van der Waals surface area contributed by atoms with Gasteiger partial charge in [-0.25, -0.2) is 0 Å². The van der Waals surface area contributed by atoms with E-state index in [4.69, 9.17) is 0 Å². The van der Waals surface area contributed by atoms with Crippen LogP contribution in [-0.4, -0.2) is 21.0 Å². The molecule has 1 aliphatic rings. The fourth-order valence-electron chi connectivity index (χ4n) is 3.04. The minimum Gasteiger partial charge on any atom is -0.389 e. The van der Waals surface area contributed by atoms with Gasteiger partial charge < -0.3 is 15.4 Å². The number of pyridine rings is 1. The molecule has 1 unspecified atom stereocenters. The molecule has 0 aromatic carbocycles. The van der Waals surface area contributed by atoms with Crippen LogP contribution in [0.4, 0.5) is 0 Å². The van der Waals surface area contributed by atoms with Gasteiger partial charge in [0.25, 0.3) is 5.91 Å². The smallest absolute Gasteiger partial charge is 0.253 e. The van der Waals surface area contributed by atoms with Crippen molar-refractivity contribution in [3.05, 3.63) is 52.6 Å². The highest BCUT2D eigenvalue weighted by Crippen LogP contribution is 2.37. The fraction of sp³-hybridized carbons (Fsp3) is 0.444. The summed E-state index contributed by atoms with van der Waals surface area (Å²) in [6, 6.07) is 5.56. The van der Waals surface area contributed by atoms with E-state index in [1.165, 1.54) is 6.42 Å². The molecule has 122 valence electrons. The summed E-state index contributed by atoms with van der Waals surface area (Å²) >= 11 is 0. The van der Waals surface area contributed by atoms with Gasteiger partial charge in [0.15, 0.2) is 0 Å².